The standard InChI is InChI=1S/C20H32O3/c1-2-3-13-16-19(21)17-14-11-9-7-5-4-6-8-10-12-15-18-20(22)23/h4-5,9,11,14,17H,2-3,6-8,10,12-13,15-16,18H2,1H3,(H,22,23)/b5-4+,11-9?,17-14?. The van der Waals surface area contributed by atoms with Crippen LogP contribution in [0.1, 0.15) is 77.6 Å². The third-order valence-corrected chi connectivity index (χ3v) is 3.51. The maximum Gasteiger partial charge on any atom is 0.303 e. The van der Waals surface area contributed by atoms with Gasteiger partial charge in [0.1, 0.15) is 0 Å². The molecule has 0 aromatic heterocycles. The Balaban J connectivity index is 3.47. The van der Waals surface area contributed by atoms with Gasteiger partial charge in [-0.25, -0.2) is 0 Å². The zero-order valence-electron chi connectivity index (χ0n) is 14.5. The summed E-state index contributed by atoms with van der Waals surface area (Å²) in [7, 11) is 0. The van der Waals surface area contributed by atoms with Crippen LogP contribution in [-0.2, 0) is 9.59 Å². The number of aliphatic carboxylic acids is 1. The Bertz CT molecular complexity index is 392. The van der Waals surface area contributed by atoms with Crippen molar-refractivity contribution in [3.8, 4) is 0 Å². The molecule has 0 aromatic carbocycles. The van der Waals surface area contributed by atoms with Gasteiger partial charge in [0, 0.05) is 12.8 Å². The van der Waals surface area contributed by atoms with Crippen molar-refractivity contribution in [2.45, 2.75) is 77.6 Å². The molecular formula is C20H32O3. The molecule has 0 aliphatic carbocycles. The molecule has 0 unspecified atom stereocenters. The predicted octanol–water partition coefficient (Wildman–Crippen LogP) is 5.62. The molecule has 0 fully saturated rings. The third kappa shape index (κ3) is 18.3. The average molecular weight is 320 g/mol. The first-order valence-corrected chi connectivity index (χ1v) is 8.89. The fourth-order valence-corrected chi connectivity index (χ4v) is 2.14. The number of rotatable bonds is 15. The number of carboxylic acid groups (broad SMARTS) is 1. The molecule has 0 spiro atoms. The Morgan fingerprint density at radius 1 is 0.826 bits per heavy atom. The lowest BCUT2D eigenvalue weighted by molar-refractivity contribution is -0.137. The van der Waals surface area contributed by atoms with Gasteiger partial charge in [-0.2, -0.15) is 0 Å². The van der Waals surface area contributed by atoms with Crippen LogP contribution in [0.2, 0.25) is 0 Å². The van der Waals surface area contributed by atoms with Gasteiger partial charge in [-0.05, 0) is 38.2 Å². The van der Waals surface area contributed by atoms with Crippen LogP contribution in [0.15, 0.2) is 36.5 Å². The first-order chi connectivity index (χ1) is 11.2. The molecule has 0 bridgehead atoms. The van der Waals surface area contributed by atoms with Gasteiger partial charge in [-0.15, -0.1) is 0 Å². The molecule has 0 aliphatic heterocycles. The molecule has 0 rings (SSSR count). The molecule has 0 aliphatic rings. The van der Waals surface area contributed by atoms with Gasteiger partial charge in [0.15, 0.2) is 5.78 Å². The summed E-state index contributed by atoms with van der Waals surface area (Å²) in [5, 5.41) is 8.51. The van der Waals surface area contributed by atoms with Crippen LogP contribution in [0.3, 0.4) is 0 Å². The highest BCUT2D eigenvalue weighted by molar-refractivity contribution is 5.89. The summed E-state index contributed by atoms with van der Waals surface area (Å²) in [5.41, 5.74) is 0. The number of unbranched alkanes of at least 4 members (excludes halogenated alkanes) is 6. The lowest BCUT2D eigenvalue weighted by atomic mass is 10.1. The van der Waals surface area contributed by atoms with Gasteiger partial charge in [-0.1, -0.05) is 63.0 Å². The predicted molar refractivity (Wildman–Crippen MR) is 96.5 cm³/mol. The summed E-state index contributed by atoms with van der Waals surface area (Å²) in [6.07, 6.45) is 21.9. The van der Waals surface area contributed by atoms with Crippen LogP contribution < -0.4 is 0 Å². The second-order valence-corrected chi connectivity index (χ2v) is 5.76. The SMILES string of the molecule is CCCCCC(=O)C=CC=CC/C=C/CCCCCCC(=O)O. The van der Waals surface area contributed by atoms with Crippen molar-refractivity contribution >= 4 is 11.8 Å². The molecule has 0 atom stereocenters. The highest BCUT2D eigenvalue weighted by Crippen LogP contribution is 2.06. The Hall–Kier alpha value is -1.64. The zero-order valence-corrected chi connectivity index (χ0v) is 14.5. The zero-order chi connectivity index (χ0) is 17.2. The van der Waals surface area contributed by atoms with Crippen LogP contribution >= 0.6 is 0 Å². The van der Waals surface area contributed by atoms with E-state index in [0.29, 0.717) is 6.42 Å². The summed E-state index contributed by atoms with van der Waals surface area (Å²) in [6, 6.07) is 0. The van der Waals surface area contributed by atoms with Crippen LogP contribution in [0.4, 0.5) is 0 Å². The minimum absolute atomic E-state index is 0.210. The lowest BCUT2D eigenvalue weighted by Gasteiger charge is -1.96. The van der Waals surface area contributed by atoms with Crippen LogP contribution in [0, 0.1) is 0 Å². The summed E-state index contributed by atoms with van der Waals surface area (Å²) >= 11 is 0. The van der Waals surface area contributed by atoms with Gasteiger partial charge >= 0.3 is 5.97 Å². The van der Waals surface area contributed by atoms with Crippen molar-refractivity contribution in [1.82, 2.24) is 0 Å². The number of hydrogen-bond acceptors (Lipinski definition) is 2. The third-order valence-electron chi connectivity index (χ3n) is 3.51. The normalized spacial score (nSPS) is 11.9. The molecule has 3 heteroatoms. The Morgan fingerprint density at radius 3 is 2.30 bits per heavy atom. The molecule has 23 heavy (non-hydrogen) atoms. The fourth-order valence-electron chi connectivity index (χ4n) is 2.14. The molecule has 130 valence electrons. The van der Waals surface area contributed by atoms with Crippen molar-refractivity contribution in [3.05, 3.63) is 36.5 Å². The molecule has 0 radical (unpaired) electrons. The molecule has 0 saturated heterocycles. The van der Waals surface area contributed by atoms with Gasteiger partial charge in [-0.3, -0.25) is 9.59 Å². The number of ketones is 1. The highest BCUT2D eigenvalue weighted by Gasteiger charge is 1.95. The molecular weight excluding hydrogens is 288 g/mol. The summed E-state index contributed by atoms with van der Waals surface area (Å²) in [4.78, 5) is 21.8. The first-order valence-electron chi connectivity index (χ1n) is 8.89. The van der Waals surface area contributed by atoms with Crippen molar-refractivity contribution in [1.29, 1.82) is 0 Å². The molecule has 1 N–H and O–H groups in total. The number of carbonyl (C=O) groups excluding carboxylic acids is 1. The molecule has 0 amide bonds. The van der Waals surface area contributed by atoms with E-state index in [1.165, 1.54) is 0 Å². The smallest absolute Gasteiger partial charge is 0.303 e. The summed E-state index contributed by atoms with van der Waals surface area (Å²) < 4.78 is 0. The molecule has 0 aromatic rings. The van der Waals surface area contributed by atoms with E-state index in [2.05, 4.69) is 19.1 Å². The summed E-state index contributed by atoms with van der Waals surface area (Å²) in [6.45, 7) is 2.13. The monoisotopic (exact) mass is 320 g/mol. The Kier molecular flexibility index (Phi) is 15.5. The van der Waals surface area contributed by atoms with E-state index < -0.39 is 5.97 Å². The van der Waals surface area contributed by atoms with E-state index in [4.69, 9.17) is 5.11 Å². The maximum absolute atomic E-state index is 11.5. The van der Waals surface area contributed by atoms with Crippen molar-refractivity contribution in [2.75, 3.05) is 0 Å². The van der Waals surface area contributed by atoms with E-state index in [9.17, 15) is 9.59 Å². The van der Waals surface area contributed by atoms with E-state index in [0.717, 1.165) is 57.8 Å². The van der Waals surface area contributed by atoms with Crippen molar-refractivity contribution in [2.24, 2.45) is 0 Å². The molecule has 0 heterocycles. The van der Waals surface area contributed by atoms with Crippen molar-refractivity contribution in [3.63, 3.8) is 0 Å². The second-order valence-electron chi connectivity index (χ2n) is 5.76. The summed E-state index contributed by atoms with van der Waals surface area (Å²) in [5.74, 6) is -0.491. The van der Waals surface area contributed by atoms with E-state index in [1.807, 2.05) is 18.2 Å². The van der Waals surface area contributed by atoms with Gasteiger partial charge in [0.05, 0.1) is 0 Å². The van der Waals surface area contributed by atoms with Crippen molar-refractivity contribution < 1.29 is 14.7 Å². The van der Waals surface area contributed by atoms with Gasteiger partial charge in [0.2, 0.25) is 0 Å². The number of carboxylic acids is 1. The van der Waals surface area contributed by atoms with E-state index in [-0.39, 0.29) is 12.2 Å². The van der Waals surface area contributed by atoms with E-state index in [1.54, 1.807) is 6.08 Å². The number of hydrogen-bond donors (Lipinski definition) is 1. The van der Waals surface area contributed by atoms with Crippen LogP contribution in [0.5, 0.6) is 0 Å². The maximum atomic E-state index is 11.5. The Morgan fingerprint density at radius 2 is 1.57 bits per heavy atom. The largest absolute Gasteiger partial charge is 0.481 e. The van der Waals surface area contributed by atoms with E-state index >= 15 is 0 Å². The first kappa shape index (κ1) is 21.4. The van der Waals surface area contributed by atoms with Crippen LogP contribution in [-0.4, -0.2) is 16.9 Å². The lowest BCUT2D eigenvalue weighted by Crippen LogP contribution is -1.93. The highest BCUT2D eigenvalue weighted by atomic mass is 16.4. The number of allylic oxidation sites excluding steroid dienone is 6. The van der Waals surface area contributed by atoms with Crippen LogP contribution in [0.25, 0.3) is 0 Å². The topological polar surface area (TPSA) is 54.4 Å². The number of carbonyl (C=O) groups is 2. The Labute approximate surface area is 141 Å². The second kappa shape index (κ2) is 16.7. The quantitative estimate of drug-likeness (QED) is 0.184. The van der Waals surface area contributed by atoms with Gasteiger partial charge in [0.25, 0.3) is 0 Å². The minimum Gasteiger partial charge on any atom is -0.481 e. The van der Waals surface area contributed by atoms with Gasteiger partial charge < -0.3 is 5.11 Å². The fraction of sp³-hybridized carbons (Fsp3) is 0.600. The minimum atomic E-state index is -0.701. The molecule has 0 saturated carbocycles. The molecule has 3 nitrogen and oxygen atoms in total. The average Bonchev–Trinajstić information content (AvgIpc) is 2.51.